The first kappa shape index (κ1) is 30.1. The maximum absolute atomic E-state index is 6.75. The lowest BCUT2D eigenvalue weighted by Gasteiger charge is -2.53. The van der Waals surface area contributed by atoms with Gasteiger partial charge in [0.2, 0.25) is 0 Å². The third-order valence-electron chi connectivity index (χ3n) is 10.7. The minimum absolute atomic E-state index is 0.115. The van der Waals surface area contributed by atoms with Crippen LogP contribution in [0.3, 0.4) is 0 Å². The lowest BCUT2D eigenvalue weighted by Crippen LogP contribution is -2.45. The molecule has 2 atom stereocenters. The molecule has 2 saturated carbocycles. The number of benzene rings is 4. The second kappa shape index (κ2) is 11.5. The Labute approximate surface area is 271 Å². The molecular formula is C38H38Cl4. The molecule has 0 spiro atoms. The summed E-state index contributed by atoms with van der Waals surface area (Å²) < 4.78 is 0. The van der Waals surface area contributed by atoms with Crippen molar-refractivity contribution in [2.24, 2.45) is 11.8 Å². The number of aryl methyl sites for hydroxylation is 4. The molecule has 0 amide bonds. The molecule has 0 heterocycles. The van der Waals surface area contributed by atoms with Gasteiger partial charge in [-0.15, -0.1) is 0 Å². The van der Waals surface area contributed by atoms with E-state index in [4.69, 9.17) is 46.4 Å². The number of fused-ring (bicyclic) bond motifs is 1. The molecule has 2 aliphatic rings. The molecule has 0 N–H and O–H groups in total. The minimum atomic E-state index is -0.115. The lowest BCUT2D eigenvalue weighted by atomic mass is 9.51. The van der Waals surface area contributed by atoms with Gasteiger partial charge in [0.1, 0.15) is 0 Å². The van der Waals surface area contributed by atoms with Crippen LogP contribution in [0.5, 0.6) is 0 Å². The second-order valence-electron chi connectivity index (χ2n) is 13.0. The number of halogens is 4. The molecule has 0 saturated heterocycles. The van der Waals surface area contributed by atoms with E-state index in [-0.39, 0.29) is 10.8 Å². The van der Waals surface area contributed by atoms with E-state index in [1.807, 2.05) is 0 Å². The Morgan fingerprint density at radius 1 is 0.452 bits per heavy atom. The molecule has 0 nitrogen and oxygen atoms in total. The van der Waals surface area contributed by atoms with Gasteiger partial charge in [0.25, 0.3) is 0 Å². The predicted octanol–water partition coefficient (Wildman–Crippen LogP) is 12.4. The Morgan fingerprint density at radius 3 is 0.952 bits per heavy atom. The Balaban J connectivity index is 1.42. The Hall–Kier alpha value is -1.96. The summed E-state index contributed by atoms with van der Waals surface area (Å²) in [6.07, 6.45) is 6.59. The SMILES string of the molecule is Cc1ccc(C2(c3ccc(C)c(Cl)c3)CCC3CC(c4ccc(C)c(Cl)c4)(c4ccc(C)c(Cl)c4)CCC3C2)cc1Cl. The number of hydrogen-bond donors (Lipinski definition) is 0. The van der Waals surface area contributed by atoms with Crippen molar-refractivity contribution >= 4 is 46.4 Å². The predicted molar refractivity (Wildman–Crippen MR) is 181 cm³/mol. The average Bonchev–Trinajstić information content (AvgIpc) is 2.98. The summed E-state index contributed by atoms with van der Waals surface area (Å²) in [5.41, 5.74) is 9.46. The molecule has 4 aromatic rings. The van der Waals surface area contributed by atoms with Crippen molar-refractivity contribution in [1.82, 2.24) is 0 Å². The van der Waals surface area contributed by atoms with Gasteiger partial charge in [0, 0.05) is 30.9 Å². The van der Waals surface area contributed by atoms with E-state index in [0.29, 0.717) is 11.8 Å². The van der Waals surface area contributed by atoms with Gasteiger partial charge in [-0.3, -0.25) is 0 Å². The van der Waals surface area contributed by atoms with Crippen LogP contribution in [0, 0.1) is 39.5 Å². The zero-order valence-electron chi connectivity index (χ0n) is 24.8. The minimum Gasteiger partial charge on any atom is -0.0840 e. The first-order chi connectivity index (χ1) is 20.0. The normalized spacial score (nSPS) is 21.1. The van der Waals surface area contributed by atoms with Crippen molar-refractivity contribution in [3.8, 4) is 0 Å². The highest BCUT2D eigenvalue weighted by Crippen LogP contribution is 2.58. The molecule has 0 aliphatic heterocycles. The van der Waals surface area contributed by atoms with E-state index in [9.17, 15) is 0 Å². The molecule has 4 heteroatoms. The number of hydrogen-bond acceptors (Lipinski definition) is 0. The molecule has 2 fully saturated rings. The van der Waals surface area contributed by atoms with Gasteiger partial charge in [-0.25, -0.2) is 0 Å². The monoisotopic (exact) mass is 634 g/mol. The zero-order chi connectivity index (χ0) is 29.8. The molecule has 2 aliphatic carbocycles. The van der Waals surface area contributed by atoms with Gasteiger partial charge in [0.05, 0.1) is 0 Å². The van der Waals surface area contributed by atoms with E-state index >= 15 is 0 Å². The quantitative estimate of drug-likeness (QED) is 0.209. The van der Waals surface area contributed by atoms with Crippen LogP contribution in [0.4, 0.5) is 0 Å². The lowest BCUT2D eigenvalue weighted by molar-refractivity contribution is 0.0909. The standard InChI is InChI=1S/C38H38Cl4/c1-23-5-9-29(17-33(23)39)37(30-10-6-24(2)34(40)18-30)15-13-28-22-38(16-14-27(28)21-37,31-11-7-25(3)35(41)19-31)32-12-8-26(4)36(42)20-32/h5-12,17-20,27-28H,13-16,21-22H2,1-4H3. The Morgan fingerprint density at radius 2 is 0.714 bits per heavy atom. The van der Waals surface area contributed by atoms with Crippen molar-refractivity contribution < 1.29 is 0 Å². The molecular weight excluding hydrogens is 598 g/mol. The Kier molecular flexibility index (Phi) is 8.25. The van der Waals surface area contributed by atoms with Crippen LogP contribution < -0.4 is 0 Å². The highest BCUT2D eigenvalue weighted by molar-refractivity contribution is 6.32. The van der Waals surface area contributed by atoms with Gasteiger partial charge in [-0.2, -0.15) is 0 Å². The van der Waals surface area contributed by atoms with Crippen LogP contribution in [0.1, 0.15) is 83.0 Å². The van der Waals surface area contributed by atoms with Crippen molar-refractivity contribution in [2.45, 2.75) is 77.0 Å². The molecule has 4 aromatic carbocycles. The molecule has 42 heavy (non-hydrogen) atoms. The van der Waals surface area contributed by atoms with E-state index in [2.05, 4.69) is 100 Å². The summed E-state index contributed by atoms with van der Waals surface area (Å²) in [5, 5.41) is 3.34. The van der Waals surface area contributed by atoms with Crippen LogP contribution in [0.25, 0.3) is 0 Å². The second-order valence-corrected chi connectivity index (χ2v) is 14.7. The number of rotatable bonds is 4. The summed E-state index contributed by atoms with van der Waals surface area (Å²) in [5.74, 6) is 1.18. The third kappa shape index (κ3) is 5.21. The van der Waals surface area contributed by atoms with E-state index < -0.39 is 0 Å². The van der Waals surface area contributed by atoms with Crippen molar-refractivity contribution in [1.29, 1.82) is 0 Å². The molecule has 0 bridgehead atoms. The third-order valence-corrected chi connectivity index (χ3v) is 12.3. The zero-order valence-corrected chi connectivity index (χ0v) is 27.9. The van der Waals surface area contributed by atoms with E-state index in [0.717, 1.165) is 80.9 Å². The smallest absolute Gasteiger partial charge is 0.0438 e. The molecule has 0 radical (unpaired) electrons. The molecule has 0 aromatic heterocycles. The van der Waals surface area contributed by atoms with Crippen LogP contribution in [-0.2, 0) is 10.8 Å². The van der Waals surface area contributed by atoms with Crippen LogP contribution in [0.2, 0.25) is 20.1 Å². The van der Waals surface area contributed by atoms with Gasteiger partial charge in [-0.1, -0.05) is 94.9 Å². The summed E-state index contributed by atoms with van der Waals surface area (Å²) in [6, 6.07) is 26.7. The van der Waals surface area contributed by atoms with E-state index in [1.165, 1.54) is 22.3 Å². The van der Waals surface area contributed by atoms with Crippen molar-refractivity contribution in [2.75, 3.05) is 0 Å². The summed E-state index contributed by atoms with van der Waals surface area (Å²) in [4.78, 5) is 0. The fourth-order valence-electron chi connectivity index (χ4n) is 7.92. The van der Waals surface area contributed by atoms with E-state index in [1.54, 1.807) is 0 Å². The molecule has 6 rings (SSSR count). The highest BCUT2D eigenvalue weighted by atomic mass is 35.5. The fourth-order valence-corrected chi connectivity index (χ4v) is 8.64. The Bertz CT molecular complexity index is 1430. The largest absolute Gasteiger partial charge is 0.0840 e. The first-order valence-corrected chi connectivity index (χ1v) is 16.6. The summed E-state index contributed by atoms with van der Waals surface area (Å²) in [7, 11) is 0. The first-order valence-electron chi connectivity index (χ1n) is 15.1. The fraction of sp³-hybridized carbons (Fsp3) is 0.368. The maximum Gasteiger partial charge on any atom is 0.0438 e. The summed E-state index contributed by atoms with van der Waals surface area (Å²) in [6.45, 7) is 8.31. The van der Waals surface area contributed by atoms with Gasteiger partial charge < -0.3 is 0 Å². The van der Waals surface area contributed by atoms with Gasteiger partial charge >= 0.3 is 0 Å². The van der Waals surface area contributed by atoms with Crippen molar-refractivity contribution in [3.63, 3.8) is 0 Å². The van der Waals surface area contributed by atoms with Gasteiger partial charge in [-0.05, 0) is 147 Å². The average molecular weight is 637 g/mol. The van der Waals surface area contributed by atoms with Gasteiger partial charge in [0.15, 0.2) is 0 Å². The van der Waals surface area contributed by atoms with Crippen LogP contribution in [0.15, 0.2) is 72.8 Å². The topological polar surface area (TPSA) is 0 Å². The maximum atomic E-state index is 6.75. The molecule has 2 unspecified atom stereocenters. The van der Waals surface area contributed by atoms with Crippen LogP contribution in [-0.4, -0.2) is 0 Å². The van der Waals surface area contributed by atoms with Crippen LogP contribution >= 0.6 is 46.4 Å². The van der Waals surface area contributed by atoms with Crippen molar-refractivity contribution in [3.05, 3.63) is 137 Å². The molecule has 218 valence electrons. The highest BCUT2D eigenvalue weighted by Gasteiger charge is 2.50. The summed E-state index contributed by atoms with van der Waals surface area (Å²) >= 11 is 27.0.